The maximum absolute atomic E-state index is 4.16. The van der Waals surface area contributed by atoms with Crippen LogP contribution in [0.4, 0.5) is 0 Å². The minimum absolute atomic E-state index is 1.00. The Morgan fingerprint density at radius 3 is 2.76 bits per heavy atom. The second-order valence-electron chi connectivity index (χ2n) is 7.05. The highest BCUT2D eigenvalue weighted by Crippen LogP contribution is 2.33. The van der Waals surface area contributed by atoms with Crippen molar-refractivity contribution in [2.24, 2.45) is 0 Å². The normalized spacial score (nSPS) is 15.6. The molecule has 0 amide bonds. The number of aromatic nitrogens is 2. The average molecular weight is 331 g/mol. The molecule has 3 nitrogen and oxygen atoms in total. The summed E-state index contributed by atoms with van der Waals surface area (Å²) in [6.45, 7) is 6.56. The van der Waals surface area contributed by atoms with E-state index in [0.717, 1.165) is 25.9 Å². The summed E-state index contributed by atoms with van der Waals surface area (Å²) in [6, 6.07) is 11.0. The Morgan fingerprint density at radius 1 is 1.20 bits per heavy atom. The van der Waals surface area contributed by atoms with Crippen LogP contribution in [-0.2, 0) is 13.0 Å². The van der Waals surface area contributed by atoms with Gasteiger partial charge in [-0.1, -0.05) is 18.6 Å². The number of hydrogen-bond acceptors (Lipinski definition) is 2. The van der Waals surface area contributed by atoms with Gasteiger partial charge in [-0.05, 0) is 61.4 Å². The molecule has 0 saturated carbocycles. The van der Waals surface area contributed by atoms with Gasteiger partial charge in [0.25, 0.3) is 0 Å². The van der Waals surface area contributed by atoms with Gasteiger partial charge in [-0.3, -0.25) is 4.98 Å². The van der Waals surface area contributed by atoms with E-state index in [-0.39, 0.29) is 0 Å². The lowest BCUT2D eigenvalue weighted by Gasteiger charge is -2.23. The molecule has 0 saturated heterocycles. The Balaban J connectivity index is 1.94. The number of fused-ring (bicyclic) bond motifs is 3. The zero-order chi connectivity index (χ0) is 17.4. The predicted molar refractivity (Wildman–Crippen MR) is 105 cm³/mol. The van der Waals surface area contributed by atoms with Crippen molar-refractivity contribution in [2.75, 3.05) is 13.6 Å². The van der Waals surface area contributed by atoms with Gasteiger partial charge in [-0.25, -0.2) is 0 Å². The molecule has 0 N–H and O–H groups in total. The molecule has 0 aliphatic carbocycles. The van der Waals surface area contributed by atoms with Gasteiger partial charge in [0.1, 0.15) is 0 Å². The molecule has 0 spiro atoms. The summed E-state index contributed by atoms with van der Waals surface area (Å²) >= 11 is 0. The molecule has 0 unspecified atom stereocenters. The van der Waals surface area contributed by atoms with Crippen LogP contribution in [0.3, 0.4) is 0 Å². The molecule has 1 aromatic carbocycles. The third-order valence-electron chi connectivity index (χ3n) is 5.25. The molecule has 0 bridgehead atoms. The second-order valence-corrected chi connectivity index (χ2v) is 7.05. The summed E-state index contributed by atoms with van der Waals surface area (Å²) in [4.78, 5) is 6.58. The standard InChI is InChI=1S/C22H25N3/c1-4-17(18-7-10-23-11-8-18)14-25-21-6-5-16(2)13-19(21)20-15-24(3)12-9-22(20)25/h5-8,10-11,13-14H,4,9,12,15H2,1-3H3/b17-14+. The smallest absolute Gasteiger partial charge is 0.0529 e. The number of pyridine rings is 1. The van der Waals surface area contributed by atoms with E-state index in [9.17, 15) is 0 Å². The summed E-state index contributed by atoms with van der Waals surface area (Å²) in [7, 11) is 2.21. The minimum atomic E-state index is 1.00. The van der Waals surface area contributed by atoms with Crippen molar-refractivity contribution in [2.45, 2.75) is 33.2 Å². The van der Waals surface area contributed by atoms with E-state index in [2.05, 4.69) is 71.9 Å². The maximum Gasteiger partial charge on any atom is 0.0529 e. The van der Waals surface area contributed by atoms with Gasteiger partial charge in [0.05, 0.1) is 5.52 Å². The molecule has 25 heavy (non-hydrogen) atoms. The van der Waals surface area contributed by atoms with Gasteiger partial charge in [0.15, 0.2) is 0 Å². The molecule has 1 aliphatic rings. The van der Waals surface area contributed by atoms with Crippen LogP contribution in [-0.4, -0.2) is 28.0 Å². The van der Waals surface area contributed by atoms with Crippen molar-refractivity contribution < 1.29 is 0 Å². The number of allylic oxidation sites excluding steroid dienone is 1. The summed E-state index contributed by atoms with van der Waals surface area (Å²) in [5.41, 5.74) is 8.22. The van der Waals surface area contributed by atoms with Crippen LogP contribution in [0.2, 0.25) is 0 Å². The molecule has 0 atom stereocenters. The van der Waals surface area contributed by atoms with Crippen LogP contribution in [0, 0.1) is 6.92 Å². The lowest BCUT2D eigenvalue weighted by Crippen LogP contribution is -2.26. The first-order valence-electron chi connectivity index (χ1n) is 9.09. The van der Waals surface area contributed by atoms with Gasteiger partial charge in [-0.15, -0.1) is 0 Å². The first-order chi connectivity index (χ1) is 12.2. The highest BCUT2D eigenvalue weighted by Gasteiger charge is 2.22. The third kappa shape index (κ3) is 2.89. The van der Waals surface area contributed by atoms with Gasteiger partial charge in [-0.2, -0.15) is 0 Å². The number of likely N-dealkylation sites (N-methyl/N-ethyl adjacent to an activating group) is 1. The summed E-state index contributed by atoms with van der Waals surface area (Å²) in [6.07, 6.45) is 8.20. The van der Waals surface area contributed by atoms with Crippen molar-refractivity contribution in [3.63, 3.8) is 0 Å². The van der Waals surface area contributed by atoms with E-state index in [1.54, 1.807) is 0 Å². The Bertz CT molecular complexity index is 935. The lowest BCUT2D eigenvalue weighted by molar-refractivity contribution is 0.312. The van der Waals surface area contributed by atoms with Gasteiger partial charge < -0.3 is 9.47 Å². The van der Waals surface area contributed by atoms with E-state index < -0.39 is 0 Å². The third-order valence-corrected chi connectivity index (χ3v) is 5.25. The summed E-state index contributed by atoms with van der Waals surface area (Å²) < 4.78 is 2.44. The Kier molecular flexibility index (Phi) is 4.18. The number of nitrogens with zero attached hydrogens (tertiary/aromatic N) is 3. The molecule has 0 radical (unpaired) electrons. The van der Waals surface area contributed by atoms with Crippen LogP contribution in [0.15, 0.2) is 42.7 Å². The molecule has 1 aliphatic heterocycles. The predicted octanol–water partition coefficient (Wildman–Crippen LogP) is 4.74. The van der Waals surface area contributed by atoms with E-state index in [1.165, 1.54) is 38.9 Å². The fourth-order valence-corrected chi connectivity index (χ4v) is 3.88. The molecule has 2 aromatic heterocycles. The zero-order valence-electron chi connectivity index (χ0n) is 15.3. The van der Waals surface area contributed by atoms with Crippen molar-refractivity contribution in [3.8, 4) is 0 Å². The fourth-order valence-electron chi connectivity index (χ4n) is 3.88. The molecule has 4 rings (SSSR count). The van der Waals surface area contributed by atoms with Crippen molar-refractivity contribution in [1.29, 1.82) is 0 Å². The van der Waals surface area contributed by atoms with E-state index in [1.807, 2.05) is 12.4 Å². The Hall–Kier alpha value is -2.39. The maximum atomic E-state index is 4.16. The van der Waals surface area contributed by atoms with Crippen LogP contribution in [0.1, 0.15) is 35.7 Å². The quantitative estimate of drug-likeness (QED) is 0.691. The fraction of sp³-hybridized carbons (Fsp3) is 0.318. The molecule has 3 aromatic rings. The second kappa shape index (κ2) is 6.49. The largest absolute Gasteiger partial charge is 0.320 e. The molecule has 3 heteroatoms. The van der Waals surface area contributed by atoms with Gasteiger partial charge >= 0.3 is 0 Å². The molecule has 3 heterocycles. The minimum Gasteiger partial charge on any atom is -0.320 e. The van der Waals surface area contributed by atoms with Gasteiger partial charge in [0.2, 0.25) is 0 Å². The summed E-state index contributed by atoms with van der Waals surface area (Å²) in [5.74, 6) is 0. The van der Waals surface area contributed by atoms with Crippen LogP contribution >= 0.6 is 0 Å². The van der Waals surface area contributed by atoms with Crippen LogP contribution in [0.25, 0.3) is 22.7 Å². The summed E-state index contributed by atoms with van der Waals surface area (Å²) in [5, 5.41) is 1.41. The zero-order valence-corrected chi connectivity index (χ0v) is 15.3. The molecule has 128 valence electrons. The molecular weight excluding hydrogens is 306 g/mol. The molecular formula is C22H25N3. The first kappa shape index (κ1) is 16.1. The van der Waals surface area contributed by atoms with E-state index in [4.69, 9.17) is 0 Å². The van der Waals surface area contributed by atoms with E-state index in [0.29, 0.717) is 0 Å². The topological polar surface area (TPSA) is 21.1 Å². The Labute approximate surface area is 149 Å². The van der Waals surface area contributed by atoms with Crippen molar-refractivity contribution >= 4 is 22.7 Å². The van der Waals surface area contributed by atoms with E-state index >= 15 is 0 Å². The Morgan fingerprint density at radius 2 is 2.00 bits per heavy atom. The number of hydrogen-bond donors (Lipinski definition) is 0. The van der Waals surface area contributed by atoms with Crippen LogP contribution < -0.4 is 0 Å². The highest BCUT2D eigenvalue weighted by molar-refractivity contribution is 5.90. The average Bonchev–Trinajstić information content (AvgIpc) is 2.92. The lowest BCUT2D eigenvalue weighted by atomic mass is 10.0. The number of rotatable bonds is 3. The van der Waals surface area contributed by atoms with Crippen molar-refractivity contribution in [1.82, 2.24) is 14.5 Å². The van der Waals surface area contributed by atoms with Gasteiger partial charge in [0, 0.05) is 49.2 Å². The monoisotopic (exact) mass is 331 g/mol. The van der Waals surface area contributed by atoms with Crippen LogP contribution in [0.5, 0.6) is 0 Å². The number of benzene rings is 1. The number of aryl methyl sites for hydroxylation is 1. The molecule has 0 fully saturated rings. The highest BCUT2D eigenvalue weighted by atomic mass is 15.1. The SMILES string of the molecule is CC/C(=C\n1c2c(c3cc(C)ccc31)CN(C)CC2)c1ccncc1. The first-order valence-corrected chi connectivity index (χ1v) is 9.09. The van der Waals surface area contributed by atoms with Crippen molar-refractivity contribution in [3.05, 3.63) is 65.1 Å².